The summed E-state index contributed by atoms with van der Waals surface area (Å²) in [5.41, 5.74) is 0.641. The van der Waals surface area contributed by atoms with E-state index in [0.717, 1.165) is 12.0 Å². The minimum atomic E-state index is -0.0996. The number of thiophene rings is 1. The maximum absolute atomic E-state index is 12.6. The van der Waals surface area contributed by atoms with Gasteiger partial charge in [0.15, 0.2) is 0 Å². The summed E-state index contributed by atoms with van der Waals surface area (Å²) in [5.74, 6) is 0.428. The average Bonchev–Trinajstić information content (AvgIpc) is 2.79. The van der Waals surface area contributed by atoms with Crippen LogP contribution >= 0.6 is 11.3 Å². The third-order valence-corrected chi connectivity index (χ3v) is 5.02. The first kappa shape index (κ1) is 15.7. The highest BCUT2D eigenvalue weighted by molar-refractivity contribution is 7.20. The van der Waals surface area contributed by atoms with Crippen LogP contribution in [-0.2, 0) is 7.05 Å². The Balaban J connectivity index is 2.43. The Kier molecular flexibility index (Phi) is 4.46. The fraction of sp³-hybridized carbons (Fsp3) is 0.533. The zero-order valence-corrected chi connectivity index (χ0v) is 14.0. The van der Waals surface area contributed by atoms with E-state index in [1.165, 1.54) is 22.2 Å². The minimum Gasteiger partial charge on any atom is -0.341 e. The van der Waals surface area contributed by atoms with Crippen molar-refractivity contribution in [3.63, 3.8) is 0 Å². The molecule has 0 radical (unpaired) electrons. The van der Waals surface area contributed by atoms with Crippen molar-refractivity contribution in [1.82, 2.24) is 14.5 Å². The molecule has 5 nitrogen and oxygen atoms in total. The summed E-state index contributed by atoms with van der Waals surface area (Å²) in [7, 11) is 3.48. The van der Waals surface area contributed by atoms with E-state index in [1.807, 2.05) is 14.0 Å². The largest absolute Gasteiger partial charge is 0.341 e. The van der Waals surface area contributed by atoms with Crippen LogP contribution in [0.4, 0.5) is 0 Å². The summed E-state index contributed by atoms with van der Waals surface area (Å²) in [6.45, 7) is 6.78. The molecule has 0 aliphatic heterocycles. The first-order valence-corrected chi connectivity index (χ1v) is 7.88. The Morgan fingerprint density at radius 2 is 2.19 bits per heavy atom. The molecule has 0 fully saturated rings. The number of nitrogens with zero attached hydrogens (tertiary/aromatic N) is 3. The molecule has 0 spiro atoms. The number of carbonyl (C=O) groups excluding carboxylic acids is 1. The molecule has 2 aromatic heterocycles. The number of aromatic nitrogens is 2. The van der Waals surface area contributed by atoms with Crippen LogP contribution < -0.4 is 5.56 Å². The molecule has 0 aliphatic carbocycles. The molecule has 0 N–H and O–H groups in total. The van der Waals surface area contributed by atoms with Gasteiger partial charge in [0.2, 0.25) is 0 Å². The summed E-state index contributed by atoms with van der Waals surface area (Å²) in [4.78, 5) is 32.0. The standard InChI is InChI=1S/C15H21N3O2S/c1-6-9(2)7-17(4)15(20)12-10(3)11-13(21-12)16-8-18(5)14(11)19/h8-9H,6-7H2,1-5H3/t9-/m1/s1. The van der Waals surface area contributed by atoms with E-state index >= 15 is 0 Å². The monoisotopic (exact) mass is 307 g/mol. The van der Waals surface area contributed by atoms with Crippen LogP contribution in [0.2, 0.25) is 0 Å². The van der Waals surface area contributed by atoms with E-state index in [-0.39, 0.29) is 11.5 Å². The van der Waals surface area contributed by atoms with Crippen LogP contribution in [0, 0.1) is 12.8 Å². The predicted molar refractivity (Wildman–Crippen MR) is 86.0 cm³/mol. The summed E-state index contributed by atoms with van der Waals surface area (Å²) in [6.07, 6.45) is 2.53. The Labute approximate surface area is 128 Å². The van der Waals surface area contributed by atoms with E-state index in [2.05, 4.69) is 18.8 Å². The number of aryl methyl sites for hydroxylation is 2. The number of amides is 1. The van der Waals surface area contributed by atoms with Gasteiger partial charge in [-0.1, -0.05) is 20.3 Å². The first-order valence-electron chi connectivity index (χ1n) is 7.07. The molecule has 114 valence electrons. The Morgan fingerprint density at radius 1 is 1.52 bits per heavy atom. The topological polar surface area (TPSA) is 55.2 Å². The van der Waals surface area contributed by atoms with Gasteiger partial charge in [0, 0.05) is 20.6 Å². The zero-order valence-electron chi connectivity index (χ0n) is 13.1. The van der Waals surface area contributed by atoms with Crippen molar-refractivity contribution in [2.24, 2.45) is 13.0 Å². The second-order valence-corrected chi connectivity index (χ2v) is 6.60. The highest BCUT2D eigenvalue weighted by Gasteiger charge is 2.22. The Morgan fingerprint density at radius 3 is 2.81 bits per heavy atom. The molecule has 2 rings (SSSR count). The highest BCUT2D eigenvalue weighted by atomic mass is 32.1. The molecule has 0 bridgehead atoms. The van der Waals surface area contributed by atoms with Crippen molar-refractivity contribution in [3.05, 3.63) is 27.1 Å². The van der Waals surface area contributed by atoms with Gasteiger partial charge < -0.3 is 9.47 Å². The van der Waals surface area contributed by atoms with Crippen LogP contribution in [-0.4, -0.2) is 34.0 Å². The van der Waals surface area contributed by atoms with E-state index in [0.29, 0.717) is 27.6 Å². The quantitative estimate of drug-likeness (QED) is 0.871. The fourth-order valence-corrected chi connectivity index (χ4v) is 3.40. The van der Waals surface area contributed by atoms with Gasteiger partial charge in [-0.3, -0.25) is 9.59 Å². The third-order valence-electron chi connectivity index (χ3n) is 3.83. The maximum Gasteiger partial charge on any atom is 0.264 e. The average molecular weight is 307 g/mol. The van der Waals surface area contributed by atoms with E-state index in [4.69, 9.17) is 0 Å². The van der Waals surface area contributed by atoms with Crippen LogP contribution in [0.15, 0.2) is 11.1 Å². The smallest absolute Gasteiger partial charge is 0.264 e. The normalized spacial score (nSPS) is 12.6. The molecular formula is C15H21N3O2S. The van der Waals surface area contributed by atoms with E-state index < -0.39 is 0 Å². The number of rotatable bonds is 4. The summed E-state index contributed by atoms with van der Waals surface area (Å²) >= 11 is 1.30. The van der Waals surface area contributed by atoms with Gasteiger partial charge in [-0.15, -0.1) is 11.3 Å². The lowest BCUT2D eigenvalue weighted by Crippen LogP contribution is -2.30. The molecule has 0 saturated carbocycles. The molecule has 1 atom stereocenters. The second kappa shape index (κ2) is 5.97. The van der Waals surface area contributed by atoms with Gasteiger partial charge in [0.05, 0.1) is 16.6 Å². The van der Waals surface area contributed by atoms with E-state index in [9.17, 15) is 9.59 Å². The van der Waals surface area contributed by atoms with Gasteiger partial charge in [0.1, 0.15) is 4.83 Å². The van der Waals surface area contributed by atoms with Gasteiger partial charge >= 0.3 is 0 Å². The van der Waals surface area contributed by atoms with Gasteiger partial charge in [0.25, 0.3) is 11.5 Å². The molecular weight excluding hydrogens is 286 g/mol. The van der Waals surface area contributed by atoms with Crippen molar-refractivity contribution in [1.29, 1.82) is 0 Å². The molecule has 0 saturated heterocycles. The molecule has 0 aromatic carbocycles. The molecule has 0 unspecified atom stereocenters. The van der Waals surface area contributed by atoms with Crippen molar-refractivity contribution < 1.29 is 4.79 Å². The van der Waals surface area contributed by atoms with Crippen LogP contribution in [0.5, 0.6) is 0 Å². The number of hydrogen-bond acceptors (Lipinski definition) is 4. The SMILES string of the molecule is CC[C@@H](C)CN(C)C(=O)c1sc2ncn(C)c(=O)c2c1C. The Hall–Kier alpha value is -1.69. The van der Waals surface area contributed by atoms with Crippen molar-refractivity contribution in [2.75, 3.05) is 13.6 Å². The Bertz CT molecular complexity index is 732. The lowest BCUT2D eigenvalue weighted by molar-refractivity contribution is 0.0779. The fourth-order valence-electron chi connectivity index (χ4n) is 2.27. The van der Waals surface area contributed by atoms with Gasteiger partial charge in [-0.25, -0.2) is 4.98 Å². The van der Waals surface area contributed by atoms with E-state index in [1.54, 1.807) is 11.9 Å². The summed E-state index contributed by atoms with van der Waals surface area (Å²) in [6, 6.07) is 0. The lowest BCUT2D eigenvalue weighted by atomic mass is 10.1. The molecule has 0 aliphatic rings. The van der Waals surface area contributed by atoms with Gasteiger partial charge in [-0.2, -0.15) is 0 Å². The van der Waals surface area contributed by atoms with Gasteiger partial charge in [-0.05, 0) is 18.4 Å². The second-order valence-electron chi connectivity index (χ2n) is 5.60. The van der Waals surface area contributed by atoms with Crippen LogP contribution in [0.25, 0.3) is 10.2 Å². The lowest BCUT2D eigenvalue weighted by Gasteiger charge is -2.20. The van der Waals surface area contributed by atoms with Crippen LogP contribution in [0.1, 0.15) is 35.5 Å². The summed E-state index contributed by atoms with van der Waals surface area (Å²) < 4.78 is 1.44. The minimum absolute atomic E-state index is 0.0298. The number of carbonyl (C=O) groups is 1. The maximum atomic E-state index is 12.6. The van der Waals surface area contributed by atoms with Crippen molar-refractivity contribution in [2.45, 2.75) is 27.2 Å². The molecule has 21 heavy (non-hydrogen) atoms. The predicted octanol–water partition coefficient (Wildman–Crippen LogP) is 2.42. The molecule has 2 heterocycles. The van der Waals surface area contributed by atoms with Crippen molar-refractivity contribution in [3.8, 4) is 0 Å². The third kappa shape index (κ3) is 2.85. The van der Waals surface area contributed by atoms with Crippen molar-refractivity contribution >= 4 is 27.5 Å². The molecule has 6 heteroatoms. The number of hydrogen-bond donors (Lipinski definition) is 0. The molecule has 1 amide bonds. The zero-order chi connectivity index (χ0) is 15.7. The van der Waals surface area contributed by atoms with Crippen LogP contribution in [0.3, 0.4) is 0 Å². The molecule has 2 aromatic rings. The first-order chi connectivity index (χ1) is 9.86. The number of fused-ring (bicyclic) bond motifs is 1. The highest BCUT2D eigenvalue weighted by Crippen LogP contribution is 2.27. The summed E-state index contributed by atoms with van der Waals surface area (Å²) in [5, 5.41) is 0.560.